The molecule has 0 atom stereocenters. The van der Waals surface area contributed by atoms with Crippen molar-refractivity contribution in [1.82, 2.24) is 14.4 Å². The van der Waals surface area contributed by atoms with Crippen LogP contribution in [0.1, 0.15) is 25.1 Å². The summed E-state index contributed by atoms with van der Waals surface area (Å²) in [5, 5.41) is 0.268. The van der Waals surface area contributed by atoms with E-state index >= 15 is 0 Å². The van der Waals surface area contributed by atoms with Crippen LogP contribution in [0.3, 0.4) is 0 Å². The van der Waals surface area contributed by atoms with Crippen molar-refractivity contribution in [3.63, 3.8) is 0 Å². The molecular weight excluding hydrogens is 374 g/mol. The lowest BCUT2D eigenvalue weighted by atomic mass is 10.1. The summed E-state index contributed by atoms with van der Waals surface area (Å²) in [4.78, 5) is 28.5. The van der Waals surface area contributed by atoms with E-state index in [2.05, 4.69) is 0 Å². The summed E-state index contributed by atoms with van der Waals surface area (Å²) in [5.41, 5.74) is 2.87. The Hall–Kier alpha value is -2.93. The van der Waals surface area contributed by atoms with Crippen LogP contribution in [0, 0.1) is 6.92 Å². The van der Waals surface area contributed by atoms with Crippen molar-refractivity contribution in [2.75, 3.05) is 20.2 Å². The number of ether oxygens (including phenoxy) is 1. The molecule has 0 spiro atoms. The summed E-state index contributed by atoms with van der Waals surface area (Å²) in [5.74, 6) is 0.0821. The number of thiocarbonyl (C=S) groups is 1. The van der Waals surface area contributed by atoms with Gasteiger partial charge in [-0.3, -0.25) is 19.4 Å². The normalized spacial score (nSPS) is 14.7. The average Bonchev–Trinajstić information content (AvgIpc) is 3.06. The number of benzene rings is 1. The van der Waals surface area contributed by atoms with E-state index < -0.39 is 0 Å². The van der Waals surface area contributed by atoms with Gasteiger partial charge in [-0.1, -0.05) is 0 Å². The lowest BCUT2D eigenvalue weighted by Crippen LogP contribution is -2.55. The smallest absolute Gasteiger partial charge is 0.265 e. The van der Waals surface area contributed by atoms with Crippen molar-refractivity contribution in [1.29, 1.82) is 0 Å². The van der Waals surface area contributed by atoms with Gasteiger partial charge >= 0.3 is 0 Å². The van der Waals surface area contributed by atoms with Crippen LogP contribution >= 0.6 is 12.2 Å². The Morgan fingerprint density at radius 3 is 2.11 bits per heavy atom. The molecule has 2 amide bonds. The van der Waals surface area contributed by atoms with Crippen LogP contribution in [0.2, 0.25) is 0 Å². The molecule has 1 aromatic carbocycles. The number of hydrogen-bond donors (Lipinski definition) is 0. The van der Waals surface area contributed by atoms with Crippen molar-refractivity contribution in [2.45, 2.75) is 20.8 Å². The third-order valence-corrected chi connectivity index (χ3v) is 5.18. The maximum Gasteiger partial charge on any atom is 0.265 e. The monoisotopic (exact) mass is 397 g/mol. The molecule has 1 aliphatic rings. The Kier molecular flexibility index (Phi) is 5.65. The van der Waals surface area contributed by atoms with E-state index in [1.165, 1.54) is 9.80 Å². The number of amides is 2. The van der Waals surface area contributed by atoms with Crippen molar-refractivity contribution < 1.29 is 14.3 Å². The zero-order chi connectivity index (χ0) is 20.4. The number of carbonyl (C=O) groups excluding carboxylic acids is 2. The fourth-order valence-electron chi connectivity index (χ4n) is 3.25. The minimum Gasteiger partial charge on any atom is -0.497 e. The first-order chi connectivity index (χ1) is 13.4. The van der Waals surface area contributed by atoms with E-state index in [9.17, 15) is 9.59 Å². The van der Waals surface area contributed by atoms with Gasteiger partial charge in [0.15, 0.2) is 5.11 Å². The average molecular weight is 398 g/mol. The van der Waals surface area contributed by atoms with Gasteiger partial charge in [-0.05, 0) is 75.0 Å². The number of likely N-dealkylation sites (N-methyl/N-ethyl adjacent to an activating group) is 2. The molecule has 0 radical (unpaired) electrons. The first-order valence-corrected chi connectivity index (χ1v) is 9.54. The minimum atomic E-state index is -0.350. The molecule has 1 aromatic heterocycles. The Balaban J connectivity index is 1.99. The van der Waals surface area contributed by atoms with Crippen molar-refractivity contribution in [3.05, 3.63) is 53.4 Å². The third-order valence-electron chi connectivity index (χ3n) is 4.74. The zero-order valence-electron chi connectivity index (χ0n) is 16.4. The van der Waals surface area contributed by atoms with Gasteiger partial charge in [-0.25, -0.2) is 0 Å². The summed E-state index contributed by atoms with van der Waals surface area (Å²) in [7, 11) is 1.63. The van der Waals surface area contributed by atoms with Gasteiger partial charge in [0.05, 0.1) is 7.11 Å². The Bertz CT molecular complexity index is 932. The largest absolute Gasteiger partial charge is 0.497 e. The van der Waals surface area contributed by atoms with Gasteiger partial charge in [0.2, 0.25) is 0 Å². The van der Waals surface area contributed by atoms with Crippen molar-refractivity contribution >= 4 is 35.2 Å². The molecule has 1 fully saturated rings. The first-order valence-electron chi connectivity index (χ1n) is 9.14. The highest BCUT2D eigenvalue weighted by molar-refractivity contribution is 7.80. The molecule has 0 saturated carbocycles. The molecule has 7 heteroatoms. The van der Waals surface area contributed by atoms with Gasteiger partial charge in [0.1, 0.15) is 11.3 Å². The van der Waals surface area contributed by atoms with E-state index in [0.29, 0.717) is 13.1 Å². The Labute approximate surface area is 170 Å². The molecule has 2 heterocycles. The van der Waals surface area contributed by atoms with Gasteiger partial charge in [-0.2, -0.15) is 0 Å². The van der Waals surface area contributed by atoms with Crippen molar-refractivity contribution in [2.24, 2.45) is 0 Å². The number of aromatic nitrogens is 1. The predicted octanol–water partition coefficient (Wildman–Crippen LogP) is 3.17. The molecule has 6 nitrogen and oxygen atoms in total. The minimum absolute atomic E-state index is 0.129. The lowest BCUT2D eigenvalue weighted by molar-refractivity contribution is -0.133. The van der Waals surface area contributed by atoms with Gasteiger partial charge in [0.25, 0.3) is 11.8 Å². The number of carbonyl (C=O) groups is 2. The number of rotatable bonds is 5. The summed E-state index contributed by atoms with van der Waals surface area (Å²) < 4.78 is 7.20. The van der Waals surface area contributed by atoms with Crippen LogP contribution in [-0.2, 0) is 9.59 Å². The maximum absolute atomic E-state index is 12.8. The standard InChI is InChI=1S/C21H23N3O3S/c1-5-22-19(25)18(20(26)23(6-2)21(22)28)12-15-11-14(3)24(13-15)16-7-9-17(27-4)10-8-16/h7-13H,5-6H2,1-4H3. The van der Waals surface area contributed by atoms with Gasteiger partial charge in [-0.15, -0.1) is 0 Å². The van der Waals surface area contributed by atoms with Crippen LogP contribution in [0.4, 0.5) is 0 Å². The number of hydrogen-bond acceptors (Lipinski definition) is 4. The summed E-state index contributed by atoms with van der Waals surface area (Å²) >= 11 is 5.30. The zero-order valence-corrected chi connectivity index (χ0v) is 17.2. The van der Waals surface area contributed by atoms with E-state index in [0.717, 1.165) is 22.7 Å². The molecule has 146 valence electrons. The molecule has 0 aliphatic carbocycles. The molecule has 0 unspecified atom stereocenters. The molecular formula is C21H23N3O3S. The highest BCUT2D eigenvalue weighted by Crippen LogP contribution is 2.23. The maximum atomic E-state index is 12.8. The SMILES string of the molecule is CCN1C(=O)C(=Cc2cc(C)n(-c3ccc(OC)cc3)c2)C(=O)N(CC)C1=S. The Morgan fingerprint density at radius 2 is 1.61 bits per heavy atom. The van der Waals surface area contributed by atoms with E-state index in [1.807, 2.05) is 61.9 Å². The molecule has 1 aliphatic heterocycles. The van der Waals surface area contributed by atoms with Gasteiger partial charge in [0, 0.05) is 30.7 Å². The van der Waals surface area contributed by atoms with Crippen LogP contribution < -0.4 is 4.74 Å². The van der Waals surface area contributed by atoms with E-state index in [1.54, 1.807) is 13.2 Å². The first kappa shape index (κ1) is 19.8. The van der Waals surface area contributed by atoms with E-state index in [-0.39, 0.29) is 22.5 Å². The lowest BCUT2D eigenvalue weighted by Gasteiger charge is -2.35. The van der Waals surface area contributed by atoms with Crippen LogP contribution in [0.5, 0.6) is 5.75 Å². The number of methoxy groups -OCH3 is 1. The molecule has 1 saturated heterocycles. The molecule has 0 bridgehead atoms. The molecule has 28 heavy (non-hydrogen) atoms. The summed E-state index contributed by atoms with van der Waals surface area (Å²) in [6, 6.07) is 9.63. The van der Waals surface area contributed by atoms with Crippen LogP contribution in [-0.4, -0.2) is 51.5 Å². The quantitative estimate of drug-likeness (QED) is 0.442. The van der Waals surface area contributed by atoms with E-state index in [4.69, 9.17) is 17.0 Å². The highest BCUT2D eigenvalue weighted by atomic mass is 32.1. The second kappa shape index (κ2) is 7.98. The van der Waals surface area contributed by atoms with Crippen molar-refractivity contribution in [3.8, 4) is 11.4 Å². The highest BCUT2D eigenvalue weighted by Gasteiger charge is 2.37. The second-order valence-corrected chi connectivity index (χ2v) is 6.79. The predicted molar refractivity (Wildman–Crippen MR) is 112 cm³/mol. The van der Waals surface area contributed by atoms with Crippen LogP contribution in [0.15, 0.2) is 42.1 Å². The molecule has 0 N–H and O–H groups in total. The summed E-state index contributed by atoms with van der Waals surface area (Å²) in [6.07, 6.45) is 3.55. The molecule has 3 rings (SSSR count). The van der Waals surface area contributed by atoms with Crippen LogP contribution in [0.25, 0.3) is 11.8 Å². The Morgan fingerprint density at radius 1 is 1.04 bits per heavy atom. The fraction of sp³-hybridized carbons (Fsp3) is 0.286. The summed E-state index contributed by atoms with van der Waals surface area (Å²) in [6.45, 7) is 6.50. The molecule has 2 aromatic rings. The third kappa shape index (κ3) is 3.45. The topological polar surface area (TPSA) is 54.8 Å². The number of nitrogens with zero attached hydrogens (tertiary/aromatic N) is 3. The fourth-order valence-corrected chi connectivity index (χ4v) is 3.67. The number of aryl methyl sites for hydroxylation is 1. The van der Waals surface area contributed by atoms with Gasteiger partial charge < -0.3 is 9.30 Å². The second-order valence-electron chi connectivity index (χ2n) is 6.42.